The van der Waals surface area contributed by atoms with Gasteiger partial charge < -0.3 is 10.5 Å². The zero-order valence-electron chi connectivity index (χ0n) is 9.24. The van der Waals surface area contributed by atoms with Gasteiger partial charge in [-0.3, -0.25) is 0 Å². The van der Waals surface area contributed by atoms with Crippen molar-refractivity contribution in [3.63, 3.8) is 0 Å². The lowest BCUT2D eigenvalue weighted by Gasteiger charge is -2.21. The molecule has 3 heteroatoms. The fraction of sp³-hybridized carbons (Fsp3) is 0.500. The Morgan fingerprint density at radius 3 is 2.60 bits per heavy atom. The second-order valence-corrected chi connectivity index (χ2v) is 4.05. The molecule has 0 radical (unpaired) electrons. The van der Waals surface area contributed by atoms with Crippen LogP contribution in [0.25, 0.3) is 0 Å². The van der Waals surface area contributed by atoms with E-state index in [0.29, 0.717) is 0 Å². The van der Waals surface area contributed by atoms with Gasteiger partial charge in [0.2, 0.25) is 0 Å². The van der Waals surface area contributed by atoms with Crippen LogP contribution in [-0.2, 0) is 11.2 Å². The molecule has 0 saturated heterocycles. The maximum Gasteiger partial charge on any atom is 0.0722 e. The summed E-state index contributed by atoms with van der Waals surface area (Å²) in [6.07, 6.45) is 1.77. The van der Waals surface area contributed by atoms with Gasteiger partial charge in [-0.2, -0.15) is 0 Å². The third-order valence-electron chi connectivity index (χ3n) is 2.60. The molecule has 1 aromatic carbocycles. The van der Waals surface area contributed by atoms with E-state index in [-0.39, 0.29) is 12.1 Å². The second kappa shape index (κ2) is 6.11. The van der Waals surface area contributed by atoms with Gasteiger partial charge in [-0.15, -0.1) is 0 Å². The van der Waals surface area contributed by atoms with Gasteiger partial charge in [-0.1, -0.05) is 36.7 Å². The number of benzene rings is 1. The fourth-order valence-corrected chi connectivity index (χ4v) is 1.91. The lowest BCUT2D eigenvalue weighted by atomic mass is 10.0. The van der Waals surface area contributed by atoms with Crippen molar-refractivity contribution in [2.45, 2.75) is 31.9 Å². The predicted octanol–water partition coefficient (Wildman–Crippen LogP) is 2.63. The normalized spacial score (nSPS) is 14.9. The van der Waals surface area contributed by atoms with Gasteiger partial charge in [0.15, 0.2) is 0 Å². The van der Waals surface area contributed by atoms with Crippen molar-refractivity contribution in [1.29, 1.82) is 0 Å². The number of ether oxygens (including phenoxy) is 1. The molecule has 0 heterocycles. The lowest BCUT2D eigenvalue weighted by Crippen LogP contribution is -2.37. The van der Waals surface area contributed by atoms with E-state index < -0.39 is 0 Å². The molecule has 0 aromatic heterocycles. The molecular formula is C12H18ClNO. The van der Waals surface area contributed by atoms with E-state index in [1.807, 2.05) is 24.3 Å². The summed E-state index contributed by atoms with van der Waals surface area (Å²) in [6, 6.07) is 7.79. The first kappa shape index (κ1) is 12.5. The molecular weight excluding hydrogens is 210 g/mol. The van der Waals surface area contributed by atoms with Gasteiger partial charge in [0.05, 0.1) is 6.10 Å². The van der Waals surface area contributed by atoms with Crippen LogP contribution in [0.15, 0.2) is 24.3 Å². The van der Waals surface area contributed by atoms with Gasteiger partial charge in [-0.05, 0) is 24.5 Å². The van der Waals surface area contributed by atoms with Crippen LogP contribution >= 0.6 is 11.6 Å². The molecule has 2 N–H and O–H groups in total. The number of rotatable bonds is 5. The number of nitrogens with two attached hydrogens (primary N) is 1. The summed E-state index contributed by atoms with van der Waals surface area (Å²) in [5.74, 6) is 0. The molecule has 2 unspecified atom stereocenters. The van der Waals surface area contributed by atoms with Gasteiger partial charge >= 0.3 is 0 Å². The van der Waals surface area contributed by atoms with Gasteiger partial charge in [0.25, 0.3) is 0 Å². The molecule has 1 aromatic rings. The van der Waals surface area contributed by atoms with E-state index in [9.17, 15) is 0 Å². The third kappa shape index (κ3) is 3.49. The van der Waals surface area contributed by atoms with E-state index in [4.69, 9.17) is 22.1 Å². The standard InChI is InChI=1S/C12H18ClNO/c1-3-12(15-2)11(14)8-9-6-4-5-7-10(9)13/h4-7,11-12H,3,8,14H2,1-2H3. The molecule has 0 aliphatic heterocycles. The van der Waals surface area contributed by atoms with Crippen LogP contribution < -0.4 is 5.73 Å². The lowest BCUT2D eigenvalue weighted by molar-refractivity contribution is 0.0773. The first-order valence-corrected chi connectivity index (χ1v) is 5.58. The van der Waals surface area contributed by atoms with Crippen molar-refractivity contribution in [3.8, 4) is 0 Å². The largest absolute Gasteiger partial charge is 0.380 e. The fourth-order valence-electron chi connectivity index (χ4n) is 1.69. The minimum atomic E-state index is -0.0000926. The highest BCUT2D eigenvalue weighted by Gasteiger charge is 2.16. The summed E-state index contributed by atoms with van der Waals surface area (Å²) in [6.45, 7) is 2.07. The highest BCUT2D eigenvalue weighted by Crippen LogP contribution is 2.18. The Kier molecular flexibility index (Phi) is 5.09. The van der Waals surface area contributed by atoms with Crippen LogP contribution in [0, 0.1) is 0 Å². The molecule has 2 nitrogen and oxygen atoms in total. The Hall–Kier alpha value is -0.570. The number of methoxy groups -OCH3 is 1. The van der Waals surface area contributed by atoms with Crippen LogP contribution in [0.4, 0.5) is 0 Å². The Balaban J connectivity index is 2.65. The van der Waals surface area contributed by atoms with Crippen LogP contribution in [-0.4, -0.2) is 19.3 Å². The maximum atomic E-state index is 6.06. The molecule has 0 bridgehead atoms. The third-order valence-corrected chi connectivity index (χ3v) is 2.96. The van der Waals surface area contributed by atoms with Crippen LogP contribution in [0.1, 0.15) is 18.9 Å². The summed E-state index contributed by atoms with van der Waals surface area (Å²) in [7, 11) is 1.70. The van der Waals surface area contributed by atoms with Gasteiger partial charge in [-0.25, -0.2) is 0 Å². The van der Waals surface area contributed by atoms with Gasteiger partial charge in [0, 0.05) is 18.2 Å². The Morgan fingerprint density at radius 1 is 1.40 bits per heavy atom. The highest BCUT2D eigenvalue weighted by molar-refractivity contribution is 6.31. The van der Waals surface area contributed by atoms with Crippen molar-refractivity contribution in [1.82, 2.24) is 0 Å². The van der Waals surface area contributed by atoms with Crippen molar-refractivity contribution < 1.29 is 4.74 Å². The molecule has 15 heavy (non-hydrogen) atoms. The summed E-state index contributed by atoms with van der Waals surface area (Å²) < 4.78 is 5.31. The predicted molar refractivity (Wildman–Crippen MR) is 64.2 cm³/mol. The van der Waals surface area contributed by atoms with E-state index >= 15 is 0 Å². The molecule has 0 spiro atoms. The average molecular weight is 228 g/mol. The van der Waals surface area contributed by atoms with Crippen molar-refractivity contribution in [2.24, 2.45) is 5.73 Å². The molecule has 0 aliphatic carbocycles. The molecule has 2 atom stereocenters. The Morgan fingerprint density at radius 2 is 2.07 bits per heavy atom. The molecule has 0 saturated carbocycles. The summed E-state index contributed by atoms with van der Waals surface area (Å²) in [5, 5.41) is 0.777. The van der Waals surface area contributed by atoms with Gasteiger partial charge in [0.1, 0.15) is 0 Å². The van der Waals surface area contributed by atoms with E-state index in [0.717, 1.165) is 23.4 Å². The van der Waals surface area contributed by atoms with Crippen LogP contribution in [0.5, 0.6) is 0 Å². The Bertz CT molecular complexity index is 299. The number of hydrogen-bond donors (Lipinski definition) is 1. The second-order valence-electron chi connectivity index (χ2n) is 3.64. The van der Waals surface area contributed by atoms with Crippen molar-refractivity contribution in [2.75, 3.05) is 7.11 Å². The monoisotopic (exact) mass is 227 g/mol. The van der Waals surface area contributed by atoms with Crippen molar-refractivity contribution >= 4 is 11.6 Å². The first-order valence-electron chi connectivity index (χ1n) is 5.20. The number of hydrogen-bond acceptors (Lipinski definition) is 2. The quantitative estimate of drug-likeness (QED) is 0.840. The molecule has 0 aliphatic rings. The first-order chi connectivity index (χ1) is 7.19. The van der Waals surface area contributed by atoms with E-state index in [1.165, 1.54) is 0 Å². The molecule has 0 fully saturated rings. The maximum absolute atomic E-state index is 6.06. The topological polar surface area (TPSA) is 35.2 Å². The Labute approximate surface area is 96.4 Å². The average Bonchev–Trinajstić information content (AvgIpc) is 2.23. The smallest absolute Gasteiger partial charge is 0.0722 e. The summed E-state index contributed by atoms with van der Waals surface area (Å²) in [5.41, 5.74) is 7.14. The SMILES string of the molecule is CCC(OC)C(N)Cc1ccccc1Cl. The van der Waals surface area contributed by atoms with E-state index in [1.54, 1.807) is 7.11 Å². The summed E-state index contributed by atoms with van der Waals surface area (Å²) >= 11 is 6.06. The molecule has 84 valence electrons. The van der Waals surface area contributed by atoms with Crippen molar-refractivity contribution in [3.05, 3.63) is 34.9 Å². The number of halogens is 1. The minimum absolute atomic E-state index is 0.0000926. The summed E-state index contributed by atoms with van der Waals surface area (Å²) in [4.78, 5) is 0. The van der Waals surface area contributed by atoms with E-state index in [2.05, 4.69) is 6.92 Å². The zero-order valence-corrected chi connectivity index (χ0v) is 10.00. The van der Waals surface area contributed by atoms with Crippen LogP contribution in [0.3, 0.4) is 0 Å². The molecule has 0 amide bonds. The minimum Gasteiger partial charge on any atom is -0.380 e. The molecule has 1 rings (SSSR count). The van der Waals surface area contributed by atoms with Crippen LogP contribution in [0.2, 0.25) is 5.02 Å². The zero-order chi connectivity index (χ0) is 11.3. The highest BCUT2D eigenvalue weighted by atomic mass is 35.5.